The molecule has 0 fully saturated rings. The molecule has 0 saturated carbocycles. The van der Waals surface area contributed by atoms with Gasteiger partial charge in [0.05, 0.1) is 18.6 Å². The first-order chi connectivity index (χ1) is 11.5. The van der Waals surface area contributed by atoms with Crippen LogP contribution in [0.15, 0.2) is 51.8 Å². The van der Waals surface area contributed by atoms with Crippen LogP contribution in [0.1, 0.15) is 24.5 Å². The number of rotatable bonds is 7. The molecular weight excluding hydrogens is 326 g/mol. The van der Waals surface area contributed by atoms with Gasteiger partial charge >= 0.3 is 0 Å². The van der Waals surface area contributed by atoms with Crippen LogP contribution in [0.5, 0.6) is 11.5 Å². The van der Waals surface area contributed by atoms with Gasteiger partial charge in [0.1, 0.15) is 0 Å². The Balaban J connectivity index is 2.25. The zero-order valence-corrected chi connectivity index (χ0v) is 14.8. The van der Waals surface area contributed by atoms with Crippen LogP contribution in [0.3, 0.4) is 0 Å². The number of nitrogens with zero attached hydrogens (tertiary/aromatic N) is 1. The molecule has 0 unspecified atom stereocenters. The molecule has 2 rings (SSSR count). The molecule has 0 heterocycles. The molecule has 0 atom stereocenters. The SMILES string of the molecule is CCCOc1cc(/C=N\S(=O)(=O)c2ccc(C)cc2)ccc1OC. The first-order valence-electron chi connectivity index (χ1n) is 7.64. The van der Waals surface area contributed by atoms with Crippen LogP contribution in [-0.2, 0) is 10.0 Å². The third-order valence-electron chi connectivity index (χ3n) is 3.31. The van der Waals surface area contributed by atoms with Gasteiger partial charge in [-0.25, -0.2) is 0 Å². The molecule has 0 aliphatic heterocycles. The number of sulfonamides is 1. The van der Waals surface area contributed by atoms with E-state index in [1.165, 1.54) is 6.21 Å². The Kier molecular flexibility index (Phi) is 5.98. The Bertz CT molecular complexity index is 811. The average Bonchev–Trinajstić information content (AvgIpc) is 2.58. The second-order valence-electron chi connectivity index (χ2n) is 5.28. The summed E-state index contributed by atoms with van der Waals surface area (Å²) in [5.41, 5.74) is 1.61. The maximum Gasteiger partial charge on any atom is 0.282 e. The van der Waals surface area contributed by atoms with Crippen LogP contribution in [-0.4, -0.2) is 28.3 Å². The number of aryl methyl sites for hydroxylation is 1. The van der Waals surface area contributed by atoms with Crippen molar-refractivity contribution in [2.45, 2.75) is 25.2 Å². The fraction of sp³-hybridized carbons (Fsp3) is 0.278. The Morgan fingerprint density at radius 3 is 2.42 bits per heavy atom. The standard InChI is InChI=1S/C18H21NO4S/c1-4-11-23-18-12-15(7-10-17(18)22-3)13-19-24(20,21)16-8-5-14(2)6-9-16/h5-10,12-13H,4,11H2,1-3H3/b19-13-. The lowest BCUT2D eigenvalue weighted by Crippen LogP contribution is -2.00. The van der Waals surface area contributed by atoms with E-state index in [1.54, 1.807) is 49.6 Å². The van der Waals surface area contributed by atoms with Gasteiger partial charge in [-0.3, -0.25) is 0 Å². The van der Waals surface area contributed by atoms with Gasteiger partial charge in [0, 0.05) is 6.21 Å². The molecule has 6 heteroatoms. The minimum absolute atomic E-state index is 0.167. The third-order valence-corrected chi connectivity index (χ3v) is 4.56. The molecule has 0 saturated heterocycles. The monoisotopic (exact) mass is 347 g/mol. The number of ether oxygens (including phenoxy) is 2. The highest BCUT2D eigenvalue weighted by molar-refractivity contribution is 7.90. The highest BCUT2D eigenvalue weighted by Crippen LogP contribution is 2.27. The maximum absolute atomic E-state index is 12.2. The lowest BCUT2D eigenvalue weighted by molar-refractivity contribution is 0.294. The van der Waals surface area contributed by atoms with Crippen molar-refractivity contribution in [2.75, 3.05) is 13.7 Å². The molecule has 0 radical (unpaired) electrons. The average molecular weight is 347 g/mol. The van der Waals surface area contributed by atoms with Gasteiger partial charge in [0.15, 0.2) is 11.5 Å². The second-order valence-corrected chi connectivity index (χ2v) is 6.91. The fourth-order valence-electron chi connectivity index (χ4n) is 2.00. The topological polar surface area (TPSA) is 65.0 Å². The van der Waals surface area contributed by atoms with E-state index in [9.17, 15) is 8.42 Å². The normalized spacial score (nSPS) is 11.6. The lowest BCUT2D eigenvalue weighted by atomic mass is 10.2. The van der Waals surface area contributed by atoms with Gasteiger partial charge in [-0.15, -0.1) is 0 Å². The van der Waals surface area contributed by atoms with Gasteiger partial charge < -0.3 is 9.47 Å². The van der Waals surface area contributed by atoms with Crippen LogP contribution < -0.4 is 9.47 Å². The van der Waals surface area contributed by atoms with Crippen LogP contribution in [0.4, 0.5) is 0 Å². The summed E-state index contributed by atoms with van der Waals surface area (Å²) in [6.45, 7) is 4.46. The van der Waals surface area contributed by atoms with Crippen molar-refractivity contribution in [3.8, 4) is 11.5 Å². The highest BCUT2D eigenvalue weighted by Gasteiger charge is 2.11. The van der Waals surface area contributed by atoms with E-state index in [0.29, 0.717) is 23.7 Å². The quantitative estimate of drug-likeness (QED) is 0.718. The summed E-state index contributed by atoms with van der Waals surface area (Å²) in [5.74, 6) is 1.16. The van der Waals surface area contributed by atoms with E-state index < -0.39 is 10.0 Å². The van der Waals surface area contributed by atoms with Gasteiger partial charge in [0.25, 0.3) is 10.0 Å². The second kappa shape index (κ2) is 7.97. The summed E-state index contributed by atoms with van der Waals surface area (Å²) in [7, 11) is -2.16. The number of hydrogen-bond donors (Lipinski definition) is 0. The Hall–Kier alpha value is -2.34. The molecule has 0 N–H and O–H groups in total. The van der Waals surface area contributed by atoms with E-state index in [1.807, 2.05) is 13.8 Å². The van der Waals surface area contributed by atoms with Crippen molar-refractivity contribution in [1.29, 1.82) is 0 Å². The molecule has 0 aromatic heterocycles. The van der Waals surface area contributed by atoms with E-state index in [0.717, 1.165) is 12.0 Å². The molecule has 24 heavy (non-hydrogen) atoms. The van der Waals surface area contributed by atoms with E-state index in [2.05, 4.69) is 4.40 Å². The summed E-state index contributed by atoms with van der Waals surface area (Å²) >= 11 is 0. The minimum Gasteiger partial charge on any atom is -0.493 e. The minimum atomic E-state index is -3.72. The van der Waals surface area contributed by atoms with Gasteiger partial charge in [-0.05, 0) is 49.2 Å². The molecule has 2 aromatic rings. The van der Waals surface area contributed by atoms with Crippen molar-refractivity contribution >= 4 is 16.2 Å². The van der Waals surface area contributed by atoms with Crippen LogP contribution in [0, 0.1) is 6.92 Å². The largest absolute Gasteiger partial charge is 0.493 e. The molecule has 2 aromatic carbocycles. The van der Waals surface area contributed by atoms with E-state index in [4.69, 9.17) is 9.47 Å². The Labute approximate surface area is 143 Å². The molecule has 128 valence electrons. The predicted molar refractivity (Wildman–Crippen MR) is 94.7 cm³/mol. The Morgan fingerprint density at radius 1 is 1.08 bits per heavy atom. The van der Waals surface area contributed by atoms with Crippen molar-refractivity contribution in [2.24, 2.45) is 4.40 Å². The van der Waals surface area contributed by atoms with Crippen molar-refractivity contribution in [3.05, 3.63) is 53.6 Å². The van der Waals surface area contributed by atoms with Gasteiger partial charge in [-0.1, -0.05) is 24.6 Å². The lowest BCUT2D eigenvalue weighted by Gasteiger charge is -2.10. The van der Waals surface area contributed by atoms with Crippen LogP contribution in [0.25, 0.3) is 0 Å². The highest BCUT2D eigenvalue weighted by atomic mass is 32.2. The number of hydrogen-bond acceptors (Lipinski definition) is 4. The summed E-state index contributed by atoms with van der Waals surface area (Å²) in [4.78, 5) is 0.167. The number of methoxy groups -OCH3 is 1. The molecule has 0 spiro atoms. The molecule has 0 aliphatic carbocycles. The smallest absolute Gasteiger partial charge is 0.282 e. The first-order valence-corrected chi connectivity index (χ1v) is 9.08. The van der Waals surface area contributed by atoms with Gasteiger partial charge in [0.2, 0.25) is 0 Å². The zero-order chi connectivity index (χ0) is 17.6. The van der Waals surface area contributed by atoms with E-state index in [-0.39, 0.29) is 4.90 Å². The summed E-state index contributed by atoms with van der Waals surface area (Å²) in [6, 6.07) is 11.7. The maximum atomic E-state index is 12.2. The summed E-state index contributed by atoms with van der Waals surface area (Å²) in [5, 5.41) is 0. The van der Waals surface area contributed by atoms with Crippen molar-refractivity contribution in [1.82, 2.24) is 0 Å². The third kappa shape index (κ3) is 4.58. The van der Waals surface area contributed by atoms with Crippen LogP contribution in [0.2, 0.25) is 0 Å². The molecule has 0 aliphatic rings. The zero-order valence-electron chi connectivity index (χ0n) is 14.0. The molecular formula is C18H21NO4S. The van der Waals surface area contributed by atoms with Crippen molar-refractivity contribution in [3.63, 3.8) is 0 Å². The molecule has 0 amide bonds. The Morgan fingerprint density at radius 2 is 1.79 bits per heavy atom. The predicted octanol–water partition coefficient (Wildman–Crippen LogP) is 3.60. The fourth-order valence-corrected chi connectivity index (χ4v) is 2.86. The summed E-state index contributed by atoms with van der Waals surface area (Å²) < 4.78 is 39.1. The molecule has 5 nitrogen and oxygen atoms in total. The van der Waals surface area contributed by atoms with E-state index >= 15 is 0 Å². The molecule has 0 bridgehead atoms. The number of benzene rings is 2. The summed E-state index contributed by atoms with van der Waals surface area (Å²) in [6.07, 6.45) is 2.18. The van der Waals surface area contributed by atoms with Crippen LogP contribution >= 0.6 is 0 Å². The first kappa shape index (κ1) is 18.0. The van der Waals surface area contributed by atoms with Crippen molar-refractivity contribution < 1.29 is 17.9 Å². The van der Waals surface area contributed by atoms with Gasteiger partial charge in [-0.2, -0.15) is 12.8 Å².